The van der Waals surface area contributed by atoms with Crippen molar-refractivity contribution in [2.45, 2.75) is 18.4 Å². The molecule has 2 heterocycles. The molecule has 0 atom stereocenters. The molecule has 0 radical (unpaired) electrons. The highest BCUT2D eigenvalue weighted by Crippen LogP contribution is 2.25. The van der Waals surface area contributed by atoms with Crippen LogP contribution < -0.4 is 4.83 Å². The number of morpholine rings is 1. The Hall–Kier alpha value is -0.510. The summed E-state index contributed by atoms with van der Waals surface area (Å²) in [6, 6.07) is 1.52. The van der Waals surface area contributed by atoms with Crippen LogP contribution in [0.1, 0.15) is 9.75 Å². The van der Waals surface area contributed by atoms with Crippen LogP contribution in [0.25, 0.3) is 0 Å². The van der Waals surface area contributed by atoms with Gasteiger partial charge in [0.25, 0.3) is 10.0 Å². The van der Waals surface area contributed by atoms with Crippen LogP contribution in [0, 0.1) is 6.92 Å². The number of aliphatic hydroxyl groups excluding tert-OH is 1. The normalized spacial score (nSPS) is 18.1. The van der Waals surface area contributed by atoms with Crippen molar-refractivity contribution in [1.29, 1.82) is 0 Å². The lowest BCUT2D eigenvalue weighted by Gasteiger charge is -2.26. The first kappa shape index (κ1) is 13.9. The van der Waals surface area contributed by atoms with E-state index in [1.807, 2.05) is 0 Å². The SMILES string of the molecule is Cc1sc(CO)cc1S(=O)(=O)NN1CCOCC1. The summed E-state index contributed by atoms with van der Waals surface area (Å²) in [5, 5.41) is 10.7. The fourth-order valence-corrected chi connectivity index (χ4v) is 4.36. The summed E-state index contributed by atoms with van der Waals surface area (Å²) in [5.41, 5.74) is 0. The summed E-state index contributed by atoms with van der Waals surface area (Å²) >= 11 is 1.29. The molecule has 0 amide bonds. The van der Waals surface area contributed by atoms with Crippen molar-refractivity contribution in [3.05, 3.63) is 15.8 Å². The second kappa shape index (κ2) is 5.64. The maximum atomic E-state index is 12.2. The summed E-state index contributed by atoms with van der Waals surface area (Å²) in [4.78, 5) is 4.11. The predicted molar refractivity (Wildman–Crippen MR) is 67.7 cm³/mol. The molecule has 0 spiro atoms. The molecule has 8 heteroatoms. The third-order valence-corrected chi connectivity index (χ3v) is 5.30. The van der Waals surface area contributed by atoms with Gasteiger partial charge in [-0.05, 0) is 13.0 Å². The van der Waals surface area contributed by atoms with Crippen LogP contribution in [0.15, 0.2) is 11.0 Å². The van der Waals surface area contributed by atoms with Crippen molar-refractivity contribution in [3.63, 3.8) is 0 Å². The topological polar surface area (TPSA) is 78.9 Å². The minimum Gasteiger partial charge on any atom is -0.391 e. The summed E-state index contributed by atoms with van der Waals surface area (Å²) < 4.78 is 29.5. The Morgan fingerprint density at radius 1 is 1.50 bits per heavy atom. The number of ether oxygens (including phenoxy) is 1. The van der Waals surface area contributed by atoms with Crippen LogP contribution in [0.4, 0.5) is 0 Å². The van der Waals surface area contributed by atoms with Gasteiger partial charge in [-0.1, -0.05) is 0 Å². The van der Waals surface area contributed by atoms with Crippen molar-refractivity contribution < 1.29 is 18.3 Å². The van der Waals surface area contributed by atoms with Crippen LogP contribution in [-0.2, 0) is 21.4 Å². The van der Waals surface area contributed by atoms with Gasteiger partial charge < -0.3 is 9.84 Å². The maximum Gasteiger partial charge on any atom is 0.254 e. The largest absolute Gasteiger partial charge is 0.391 e. The van der Waals surface area contributed by atoms with Gasteiger partial charge in [-0.3, -0.25) is 0 Å². The van der Waals surface area contributed by atoms with Gasteiger partial charge in [0.15, 0.2) is 0 Å². The van der Waals surface area contributed by atoms with Gasteiger partial charge in [0.05, 0.1) is 24.7 Å². The number of thiophene rings is 1. The van der Waals surface area contributed by atoms with Crippen LogP contribution in [0.5, 0.6) is 0 Å². The number of aryl methyl sites for hydroxylation is 1. The molecule has 0 unspecified atom stereocenters. The van der Waals surface area contributed by atoms with Gasteiger partial charge in [-0.25, -0.2) is 13.4 Å². The molecule has 2 rings (SSSR count). The van der Waals surface area contributed by atoms with E-state index in [4.69, 9.17) is 9.84 Å². The molecule has 0 aliphatic carbocycles. The summed E-state index contributed by atoms with van der Waals surface area (Å²) in [6.07, 6.45) is 0. The number of rotatable bonds is 4. The lowest BCUT2D eigenvalue weighted by molar-refractivity contribution is 0.0272. The molecule has 0 aromatic carbocycles. The minimum absolute atomic E-state index is 0.140. The number of nitrogens with zero attached hydrogens (tertiary/aromatic N) is 1. The molecule has 2 N–H and O–H groups in total. The summed E-state index contributed by atoms with van der Waals surface area (Å²) in [5.74, 6) is 0. The molecule has 1 aliphatic rings. The Balaban J connectivity index is 2.16. The zero-order valence-electron chi connectivity index (χ0n) is 10.0. The fraction of sp³-hybridized carbons (Fsp3) is 0.600. The van der Waals surface area contributed by atoms with Crippen molar-refractivity contribution >= 4 is 21.4 Å². The predicted octanol–water partition coefficient (Wildman–Crippen LogP) is 0.0743. The average molecular weight is 292 g/mol. The van der Waals surface area contributed by atoms with E-state index >= 15 is 0 Å². The molecule has 102 valence electrons. The van der Waals surface area contributed by atoms with Gasteiger partial charge >= 0.3 is 0 Å². The molecule has 1 aromatic rings. The first-order valence-corrected chi connectivity index (χ1v) is 7.88. The molecule has 6 nitrogen and oxygen atoms in total. The third-order valence-electron chi connectivity index (χ3n) is 2.63. The Kier molecular flexibility index (Phi) is 4.36. The molecule has 1 aromatic heterocycles. The number of sulfonamides is 1. The standard InChI is InChI=1S/C10H16N2O4S2/c1-8-10(6-9(7-13)17-8)18(14,15)11-12-2-4-16-5-3-12/h6,11,13H,2-5,7H2,1H3. The Morgan fingerprint density at radius 3 is 2.72 bits per heavy atom. The van der Waals surface area contributed by atoms with Gasteiger partial charge in [0.2, 0.25) is 0 Å². The number of hydrazine groups is 1. The van der Waals surface area contributed by atoms with E-state index in [0.29, 0.717) is 36.1 Å². The Labute approximate surface area is 110 Å². The quantitative estimate of drug-likeness (QED) is 0.821. The minimum atomic E-state index is -3.56. The monoisotopic (exact) mass is 292 g/mol. The lowest BCUT2D eigenvalue weighted by atomic mass is 10.4. The van der Waals surface area contributed by atoms with Crippen molar-refractivity contribution in [1.82, 2.24) is 9.84 Å². The Morgan fingerprint density at radius 2 is 2.17 bits per heavy atom. The highest BCUT2D eigenvalue weighted by molar-refractivity contribution is 7.89. The highest BCUT2D eigenvalue weighted by Gasteiger charge is 2.23. The van der Waals surface area contributed by atoms with E-state index in [-0.39, 0.29) is 11.5 Å². The van der Waals surface area contributed by atoms with E-state index in [9.17, 15) is 8.42 Å². The number of nitrogens with one attached hydrogen (secondary N) is 1. The first-order chi connectivity index (χ1) is 8.53. The van der Waals surface area contributed by atoms with Crippen LogP contribution in [-0.4, -0.2) is 44.8 Å². The number of hydrogen-bond acceptors (Lipinski definition) is 6. The maximum absolute atomic E-state index is 12.2. The van der Waals surface area contributed by atoms with Crippen LogP contribution >= 0.6 is 11.3 Å². The van der Waals surface area contributed by atoms with E-state index in [2.05, 4.69) is 4.83 Å². The van der Waals surface area contributed by atoms with Crippen molar-refractivity contribution in [3.8, 4) is 0 Å². The first-order valence-electron chi connectivity index (χ1n) is 5.58. The lowest BCUT2D eigenvalue weighted by Crippen LogP contribution is -2.48. The molecule has 1 saturated heterocycles. The van der Waals surface area contributed by atoms with Crippen molar-refractivity contribution in [2.75, 3.05) is 26.3 Å². The van der Waals surface area contributed by atoms with E-state index in [0.717, 1.165) is 0 Å². The van der Waals surface area contributed by atoms with Crippen LogP contribution in [0.2, 0.25) is 0 Å². The molecule has 1 aliphatic heterocycles. The molecule has 18 heavy (non-hydrogen) atoms. The van der Waals surface area contributed by atoms with E-state index in [1.54, 1.807) is 11.9 Å². The number of hydrogen-bond donors (Lipinski definition) is 2. The zero-order valence-corrected chi connectivity index (χ0v) is 11.7. The second-order valence-corrected chi connectivity index (χ2v) is 6.96. The summed E-state index contributed by atoms with van der Waals surface area (Å²) in [7, 11) is -3.56. The average Bonchev–Trinajstić information content (AvgIpc) is 2.72. The molecule has 0 bridgehead atoms. The van der Waals surface area contributed by atoms with Gasteiger partial charge in [-0.15, -0.1) is 16.2 Å². The van der Waals surface area contributed by atoms with Gasteiger partial charge in [0, 0.05) is 22.8 Å². The molecular formula is C10H16N2O4S2. The van der Waals surface area contributed by atoms with Gasteiger partial charge in [-0.2, -0.15) is 0 Å². The summed E-state index contributed by atoms with van der Waals surface area (Å²) in [6.45, 7) is 3.71. The smallest absolute Gasteiger partial charge is 0.254 e. The molecule has 1 fully saturated rings. The van der Waals surface area contributed by atoms with Crippen LogP contribution in [0.3, 0.4) is 0 Å². The van der Waals surface area contributed by atoms with E-state index < -0.39 is 10.0 Å². The fourth-order valence-electron chi connectivity index (χ4n) is 1.74. The molecule has 0 saturated carbocycles. The second-order valence-electron chi connectivity index (χ2n) is 3.99. The Bertz CT molecular complexity index is 506. The number of aliphatic hydroxyl groups is 1. The van der Waals surface area contributed by atoms with Gasteiger partial charge in [0.1, 0.15) is 0 Å². The van der Waals surface area contributed by atoms with Crippen molar-refractivity contribution in [2.24, 2.45) is 0 Å². The zero-order chi connectivity index (χ0) is 13.2. The molecular weight excluding hydrogens is 276 g/mol. The van der Waals surface area contributed by atoms with E-state index in [1.165, 1.54) is 17.4 Å². The third kappa shape index (κ3) is 3.08. The highest BCUT2D eigenvalue weighted by atomic mass is 32.2.